The van der Waals surface area contributed by atoms with Gasteiger partial charge in [0.15, 0.2) is 11.5 Å². The number of carbonyl (C=O) groups is 2. The van der Waals surface area contributed by atoms with Crippen LogP contribution in [0.15, 0.2) is 70.5 Å². The van der Waals surface area contributed by atoms with Gasteiger partial charge in [0.05, 0.1) is 11.1 Å². The highest BCUT2D eigenvalue weighted by atomic mass is 79.9. The van der Waals surface area contributed by atoms with Crippen molar-refractivity contribution in [2.24, 2.45) is 0 Å². The summed E-state index contributed by atoms with van der Waals surface area (Å²) in [6.07, 6.45) is 3.12. The third kappa shape index (κ3) is 5.00. The molecule has 0 saturated carbocycles. The average Bonchev–Trinajstić information content (AvgIpc) is 3.21. The molecule has 2 N–H and O–H groups in total. The molecule has 8 heteroatoms. The summed E-state index contributed by atoms with van der Waals surface area (Å²) in [5.41, 5.74) is 0.480. The highest BCUT2D eigenvalue weighted by Gasteiger charge is 2.16. The number of benzene rings is 2. The summed E-state index contributed by atoms with van der Waals surface area (Å²) in [5.74, 6) is -0.870. The van der Waals surface area contributed by atoms with Gasteiger partial charge in [0.1, 0.15) is 5.75 Å². The van der Waals surface area contributed by atoms with Gasteiger partial charge in [-0.15, -0.1) is 11.3 Å². The predicted molar refractivity (Wildman–Crippen MR) is 109 cm³/mol. The lowest BCUT2D eigenvalue weighted by atomic mass is 10.1. The van der Waals surface area contributed by atoms with Gasteiger partial charge in [-0.2, -0.15) is 5.23 Å². The zero-order valence-corrected chi connectivity index (χ0v) is 16.7. The maximum atomic E-state index is 12.6. The van der Waals surface area contributed by atoms with Gasteiger partial charge >= 0.3 is 5.97 Å². The van der Waals surface area contributed by atoms with Crippen LogP contribution in [0.2, 0.25) is 0 Å². The first-order chi connectivity index (χ1) is 13.4. The molecule has 0 aliphatic carbocycles. The van der Waals surface area contributed by atoms with Gasteiger partial charge < -0.3 is 9.94 Å². The maximum absolute atomic E-state index is 12.6. The van der Waals surface area contributed by atoms with Gasteiger partial charge in [0.25, 0.3) is 0 Å². The van der Waals surface area contributed by atoms with Gasteiger partial charge in [0.2, 0.25) is 0 Å². The molecule has 2 aromatic carbocycles. The number of hydrogen-bond acceptors (Lipinski definition) is 6. The molecule has 6 nitrogen and oxygen atoms in total. The fourth-order valence-electron chi connectivity index (χ4n) is 2.33. The van der Waals surface area contributed by atoms with Crippen molar-refractivity contribution in [2.45, 2.75) is 0 Å². The summed E-state index contributed by atoms with van der Waals surface area (Å²) in [6.45, 7) is 0. The normalized spacial score (nSPS) is 12.1. The van der Waals surface area contributed by atoms with Crippen molar-refractivity contribution in [2.75, 3.05) is 0 Å². The summed E-state index contributed by atoms with van der Waals surface area (Å²) in [4.78, 5) is 25.9. The fraction of sp³-hybridized carbons (Fsp3) is 0. The van der Waals surface area contributed by atoms with E-state index in [1.54, 1.807) is 18.2 Å². The summed E-state index contributed by atoms with van der Waals surface area (Å²) in [6, 6.07) is 13.9. The second kappa shape index (κ2) is 9.05. The van der Waals surface area contributed by atoms with E-state index < -0.39 is 11.2 Å². The number of ketones is 1. The highest BCUT2D eigenvalue weighted by molar-refractivity contribution is 9.10. The number of hydrogen-bond donors (Lipinski definition) is 2. The minimum Gasteiger partial charge on any atom is -0.595 e. The molecule has 0 bridgehead atoms. The third-order valence-corrected chi connectivity index (χ3v) is 5.05. The van der Waals surface area contributed by atoms with E-state index in [4.69, 9.17) is 9.94 Å². The Bertz CT molecular complexity index is 1010. The van der Waals surface area contributed by atoms with Crippen LogP contribution in [0.3, 0.4) is 0 Å². The molecule has 0 aliphatic heterocycles. The van der Waals surface area contributed by atoms with Crippen LogP contribution in [-0.2, 0) is 0 Å². The Morgan fingerprint density at radius 1 is 1.14 bits per heavy atom. The minimum atomic E-state index is -1.08. The second-order valence-electron chi connectivity index (χ2n) is 5.63. The lowest BCUT2D eigenvalue weighted by molar-refractivity contribution is -0.991. The zero-order chi connectivity index (χ0) is 20.1. The Labute approximate surface area is 173 Å². The standard InChI is InChI=1S/C20H14BrNO5S/c21-14-5-10-19(17(12-14)18(23)9-8-16-2-1-11-28-16)27-20(24)13-3-6-15(7-4-13)22(25)26/h1-12,22,25H. The molecule has 0 spiro atoms. The molecule has 1 aromatic heterocycles. The molecule has 1 unspecified atom stereocenters. The van der Waals surface area contributed by atoms with E-state index in [1.165, 1.54) is 47.7 Å². The van der Waals surface area contributed by atoms with Crippen molar-refractivity contribution in [3.05, 3.63) is 91.7 Å². The molecule has 28 heavy (non-hydrogen) atoms. The van der Waals surface area contributed by atoms with Crippen molar-refractivity contribution >= 4 is 50.8 Å². The number of carbonyl (C=O) groups excluding carboxylic acids is 2. The monoisotopic (exact) mass is 459 g/mol. The quantitative estimate of drug-likeness (QED) is 0.191. The number of esters is 1. The van der Waals surface area contributed by atoms with E-state index in [9.17, 15) is 14.8 Å². The topological polar surface area (TPSA) is 91.1 Å². The lowest BCUT2D eigenvalue weighted by Gasteiger charge is -2.12. The maximum Gasteiger partial charge on any atom is 0.343 e. The number of rotatable bonds is 6. The molecule has 1 atom stereocenters. The van der Waals surface area contributed by atoms with Crippen molar-refractivity contribution in [1.29, 1.82) is 0 Å². The van der Waals surface area contributed by atoms with Gasteiger partial charge in [-0.3, -0.25) is 4.79 Å². The van der Waals surface area contributed by atoms with Crippen LogP contribution in [0.1, 0.15) is 25.6 Å². The van der Waals surface area contributed by atoms with Crippen LogP contribution < -0.4 is 9.96 Å². The van der Waals surface area contributed by atoms with E-state index >= 15 is 0 Å². The molecule has 0 radical (unpaired) electrons. The Morgan fingerprint density at radius 2 is 1.89 bits per heavy atom. The van der Waals surface area contributed by atoms with Crippen molar-refractivity contribution < 1.29 is 24.8 Å². The van der Waals surface area contributed by atoms with E-state index in [0.29, 0.717) is 4.47 Å². The number of ether oxygens (including phenoxy) is 1. The van der Waals surface area contributed by atoms with Crippen molar-refractivity contribution in [1.82, 2.24) is 0 Å². The van der Waals surface area contributed by atoms with E-state index in [1.807, 2.05) is 17.5 Å². The summed E-state index contributed by atoms with van der Waals surface area (Å²) < 4.78 is 6.06. The number of thiophene rings is 1. The number of halogens is 1. The lowest BCUT2D eigenvalue weighted by Crippen LogP contribution is -2.99. The SMILES string of the molecule is O=C(Oc1ccc(Br)cc1C(=O)C=Cc1cccs1)c1ccc([NH+]([O-])O)cc1. The van der Waals surface area contributed by atoms with Crippen LogP contribution in [0.5, 0.6) is 5.75 Å². The van der Waals surface area contributed by atoms with E-state index in [2.05, 4.69) is 15.9 Å². The molecular weight excluding hydrogens is 446 g/mol. The molecule has 0 aliphatic rings. The Hall–Kier alpha value is -2.62. The Morgan fingerprint density at radius 3 is 2.54 bits per heavy atom. The van der Waals surface area contributed by atoms with Crippen LogP contribution in [0.4, 0.5) is 5.69 Å². The fourth-order valence-corrected chi connectivity index (χ4v) is 3.30. The molecule has 0 saturated heterocycles. The van der Waals surface area contributed by atoms with Gasteiger partial charge in [-0.1, -0.05) is 22.0 Å². The number of quaternary nitrogens is 1. The second-order valence-corrected chi connectivity index (χ2v) is 7.52. The largest absolute Gasteiger partial charge is 0.595 e. The van der Waals surface area contributed by atoms with Crippen molar-refractivity contribution in [3.63, 3.8) is 0 Å². The van der Waals surface area contributed by atoms with E-state index in [0.717, 1.165) is 4.88 Å². The Balaban J connectivity index is 1.81. The Kier molecular flexibility index (Phi) is 6.50. The summed E-state index contributed by atoms with van der Waals surface area (Å²) in [5, 5.41) is 20.7. The predicted octanol–water partition coefficient (Wildman–Crippen LogP) is 4.03. The molecular formula is C20H14BrNO5S. The number of nitrogens with one attached hydrogen (secondary N) is 1. The smallest absolute Gasteiger partial charge is 0.343 e. The van der Waals surface area contributed by atoms with Gasteiger partial charge in [0, 0.05) is 21.5 Å². The van der Waals surface area contributed by atoms with E-state index in [-0.39, 0.29) is 28.3 Å². The summed E-state index contributed by atoms with van der Waals surface area (Å²) in [7, 11) is 0. The average molecular weight is 460 g/mol. The molecule has 0 amide bonds. The number of allylic oxidation sites excluding steroid dienone is 1. The summed E-state index contributed by atoms with van der Waals surface area (Å²) >= 11 is 4.82. The first-order valence-electron chi connectivity index (χ1n) is 8.05. The molecule has 142 valence electrons. The first kappa shape index (κ1) is 20.1. The molecule has 3 aromatic rings. The van der Waals surface area contributed by atoms with Gasteiger partial charge in [-0.25, -0.2) is 10.0 Å². The first-order valence-corrected chi connectivity index (χ1v) is 9.72. The van der Waals surface area contributed by atoms with Crippen LogP contribution in [-0.4, -0.2) is 17.0 Å². The van der Waals surface area contributed by atoms with Crippen LogP contribution in [0, 0.1) is 5.21 Å². The van der Waals surface area contributed by atoms with Crippen LogP contribution in [0.25, 0.3) is 6.08 Å². The van der Waals surface area contributed by atoms with Crippen molar-refractivity contribution in [3.8, 4) is 5.75 Å². The van der Waals surface area contributed by atoms with Crippen LogP contribution >= 0.6 is 27.3 Å². The zero-order valence-electron chi connectivity index (χ0n) is 14.3. The molecule has 3 rings (SSSR count). The van der Waals surface area contributed by atoms with Gasteiger partial charge in [-0.05, 0) is 53.9 Å². The molecule has 0 fully saturated rings. The highest BCUT2D eigenvalue weighted by Crippen LogP contribution is 2.25. The third-order valence-electron chi connectivity index (χ3n) is 3.72. The molecule has 1 heterocycles. The minimum absolute atomic E-state index is 0.0646.